The zero-order chi connectivity index (χ0) is 13.7. The van der Waals surface area contributed by atoms with E-state index < -0.39 is 0 Å². The lowest BCUT2D eigenvalue weighted by molar-refractivity contribution is -0.122. The molecule has 3 atom stereocenters. The number of halogens is 1. The Hall–Kier alpha value is -0.280. The zero-order valence-corrected chi connectivity index (χ0v) is 13.8. The van der Waals surface area contributed by atoms with E-state index >= 15 is 0 Å². The molecule has 1 saturated heterocycles. The summed E-state index contributed by atoms with van der Waals surface area (Å²) in [6, 6.07) is 0.440. The van der Waals surface area contributed by atoms with Crippen LogP contribution in [0.1, 0.15) is 58.8 Å². The number of carbonyl (C=O) groups is 1. The molecular weight excluding hydrogens is 272 g/mol. The van der Waals surface area contributed by atoms with Crippen molar-refractivity contribution < 1.29 is 4.79 Å². The number of carbonyl (C=O) groups excluding carboxylic acids is 1. The highest BCUT2D eigenvalue weighted by Crippen LogP contribution is 2.30. The highest BCUT2D eigenvalue weighted by Gasteiger charge is 2.25. The van der Waals surface area contributed by atoms with Crippen LogP contribution in [0, 0.1) is 17.8 Å². The largest absolute Gasteiger partial charge is 0.353 e. The van der Waals surface area contributed by atoms with Gasteiger partial charge in [0.2, 0.25) is 5.91 Å². The standard InChI is InChI=1S/C16H30N2O.ClH/c1-12(2)14-4-3-5-15(10-14)18-16(19)7-6-13-8-9-17-11-13;/h12-15,17H,3-11H2,1-2H3,(H,18,19);1H. The van der Waals surface area contributed by atoms with E-state index in [9.17, 15) is 4.79 Å². The third-order valence-corrected chi connectivity index (χ3v) is 4.96. The Morgan fingerprint density at radius 3 is 2.75 bits per heavy atom. The topological polar surface area (TPSA) is 41.1 Å². The van der Waals surface area contributed by atoms with Gasteiger partial charge < -0.3 is 10.6 Å². The first-order valence-corrected chi connectivity index (χ1v) is 8.15. The predicted octanol–water partition coefficient (Wildman–Crippen LogP) is 3.13. The lowest BCUT2D eigenvalue weighted by Gasteiger charge is -2.32. The van der Waals surface area contributed by atoms with Crippen molar-refractivity contribution in [3.63, 3.8) is 0 Å². The van der Waals surface area contributed by atoms with Gasteiger partial charge in [-0.25, -0.2) is 0 Å². The van der Waals surface area contributed by atoms with E-state index in [0.29, 0.717) is 6.04 Å². The number of amides is 1. The quantitative estimate of drug-likeness (QED) is 0.819. The SMILES string of the molecule is CC(C)C1CCCC(NC(=O)CCC2CCNC2)C1.Cl. The highest BCUT2D eigenvalue weighted by molar-refractivity contribution is 5.85. The second kappa shape index (κ2) is 8.89. The number of rotatable bonds is 5. The molecule has 0 bridgehead atoms. The Balaban J connectivity index is 0.00000200. The average Bonchev–Trinajstić information content (AvgIpc) is 2.90. The second-order valence-corrected chi connectivity index (χ2v) is 6.83. The van der Waals surface area contributed by atoms with E-state index in [0.717, 1.165) is 43.7 Å². The van der Waals surface area contributed by atoms with E-state index in [1.54, 1.807) is 0 Å². The Labute approximate surface area is 130 Å². The van der Waals surface area contributed by atoms with Gasteiger partial charge >= 0.3 is 0 Å². The molecule has 0 aromatic heterocycles. The van der Waals surface area contributed by atoms with Crippen LogP contribution < -0.4 is 10.6 Å². The van der Waals surface area contributed by atoms with Crippen LogP contribution in [0.5, 0.6) is 0 Å². The van der Waals surface area contributed by atoms with Crippen molar-refractivity contribution in [1.29, 1.82) is 0 Å². The average molecular weight is 303 g/mol. The van der Waals surface area contributed by atoms with E-state index in [-0.39, 0.29) is 18.3 Å². The summed E-state index contributed by atoms with van der Waals surface area (Å²) in [5, 5.41) is 6.63. The summed E-state index contributed by atoms with van der Waals surface area (Å²) in [5.74, 6) is 2.56. The molecule has 1 saturated carbocycles. The molecule has 3 nitrogen and oxygen atoms in total. The van der Waals surface area contributed by atoms with Crippen LogP contribution in [-0.2, 0) is 4.79 Å². The first kappa shape index (κ1) is 17.8. The van der Waals surface area contributed by atoms with Gasteiger partial charge in [0, 0.05) is 12.5 Å². The van der Waals surface area contributed by atoms with Gasteiger partial charge in [0.25, 0.3) is 0 Å². The Bertz CT molecular complexity index is 290. The minimum Gasteiger partial charge on any atom is -0.353 e. The molecule has 1 amide bonds. The van der Waals surface area contributed by atoms with E-state index in [2.05, 4.69) is 24.5 Å². The smallest absolute Gasteiger partial charge is 0.220 e. The molecule has 20 heavy (non-hydrogen) atoms. The third kappa shape index (κ3) is 5.61. The van der Waals surface area contributed by atoms with Crippen LogP contribution in [0.15, 0.2) is 0 Å². The van der Waals surface area contributed by atoms with Crippen LogP contribution >= 0.6 is 12.4 Å². The van der Waals surface area contributed by atoms with Crippen molar-refractivity contribution >= 4 is 18.3 Å². The molecule has 2 rings (SSSR count). The molecule has 4 heteroatoms. The number of nitrogens with one attached hydrogen (secondary N) is 2. The van der Waals surface area contributed by atoms with Gasteiger partial charge in [-0.05, 0) is 56.5 Å². The molecule has 0 radical (unpaired) electrons. The maximum absolute atomic E-state index is 12.0. The molecule has 2 aliphatic rings. The molecule has 0 spiro atoms. The molecule has 3 unspecified atom stereocenters. The van der Waals surface area contributed by atoms with Crippen LogP contribution in [0.25, 0.3) is 0 Å². The van der Waals surface area contributed by atoms with Gasteiger partial charge in [-0.2, -0.15) is 0 Å². The first-order valence-electron chi connectivity index (χ1n) is 8.15. The first-order chi connectivity index (χ1) is 9.15. The molecule has 2 fully saturated rings. The van der Waals surface area contributed by atoms with E-state index in [1.165, 1.54) is 32.1 Å². The molecule has 1 heterocycles. The summed E-state index contributed by atoms with van der Waals surface area (Å²) in [6.07, 6.45) is 8.01. The van der Waals surface area contributed by atoms with E-state index in [1.807, 2.05) is 0 Å². The van der Waals surface area contributed by atoms with Crippen molar-refractivity contribution in [1.82, 2.24) is 10.6 Å². The van der Waals surface area contributed by atoms with Crippen molar-refractivity contribution in [3.05, 3.63) is 0 Å². The van der Waals surface area contributed by atoms with Crippen LogP contribution in [-0.4, -0.2) is 25.0 Å². The van der Waals surface area contributed by atoms with Gasteiger partial charge in [-0.1, -0.05) is 26.7 Å². The molecule has 118 valence electrons. The molecular formula is C16H31ClN2O. The monoisotopic (exact) mass is 302 g/mol. The molecule has 1 aliphatic carbocycles. The van der Waals surface area contributed by atoms with Gasteiger partial charge in [-0.15, -0.1) is 12.4 Å². The Morgan fingerprint density at radius 1 is 1.30 bits per heavy atom. The van der Waals surface area contributed by atoms with Gasteiger partial charge in [0.15, 0.2) is 0 Å². The lowest BCUT2D eigenvalue weighted by atomic mass is 9.79. The maximum atomic E-state index is 12.0. The van der Waals surface area contributed by atoms with Gasteiger partial charge in [-0.3, -0.25) is 4.79 Å². The summed E-state index contributed by atoms with van der Waals surface area (Å²) < 4.78 is 0. The van der Waals surface area contributed by atoms with Gasteiger partial charge in [0.1, 0.15) is 0 Å². The Kier molecular flexibility index (Phi) is 7.90. The lowest BCUT2D eigenvalue weighted by Crippen LogP contribution is -2.39. The van der Waals surface area contributed by atoms with Crippen molar-refractivity contribution in [2.45, 2.75) is 64.8 Å². The van der Waals surface area contributed by atoms with Crippen LogP contribution in [0.3, 0.4) is 0 Å². The molecule has 1 aliphatic heterocycles. The molecule has 2 N–H and O–H groups in total. The zero-order valence-electron chi connectivity index (χ0n) is 13.0. The summed E-state index contributed by atoms with van der Waals surface area (Å²) in [6.45, 7) is 6.85. The summed E-state index contributed by atoms with van der Waals surface area (Å²) >= 11 is 0. The fourth-order valence-electron chi connectivity index (χ4n) is 3.56. The normalized spacial score (nSPS) is 30.1. The van der Waals surface area contributed by atoms with Gasteiger partial charge in [0.05, 0.1) is 0 Å². The Morgan fingerprint density at radius 2 is 2.10 bits per heavy atom. The second-order valence-electron chi connectivity index (χ2n) is 6.83. The number of hydrogen-bond donors (Lipinski definition) is 2. The summed E-state index contributed by atoms with van der Waals surface area (Å²) in [5.41, 5.74) is 0. The molecule has 0 aromatic rings. The summed E-state index contributed by atoms with van der Waals surface area (Å²) in [4.78, 5) is 12.0. The maximum Gasteiger partial charge on any atom is 0.220 e. The highest BCUT2D eigenvalue weighted by atomic mass is 35.5. The van der Waals surface area contributed by atoms with Crippen molar-refractivity contribution in [2.24, 2.45) is 17.8 Å². The van der Waals surface area contributed by atoms with Crippen molar-refractivity contribution in [2.75, 3.05) is 13.1 Å². The van der Waals surface area contributed by atoms with Crippen LogP contribution in [0.4, 0.5) is 0 Å². The molecule has 0 aromatic carbocycles. The fourth-order valence-corrected chi connectivity index (χ4v) is 3.56. The summed E-state index contributed by atoms with van der Waals surface area (Å²) in [7, 11) is 0. The fraction of sp³-hybridized carbons (Fsp3) is 0.938. The minimum atomic E-state index is 0. The third-order valence-electron chi connectivity index (χ3n) is 4.96. The number of hydrogen-bond acceptors (Lipinski definition) is 2. The van der Waals surface area contributed by atoms with E-state index in [4.69, 9.17) is 0 Å². The van der Waals surface area contributed by atoms with Crippen molar-refractivity contribution in [3.8, 4) is 0 Å². The van der Waals surface area contributed by atoms with Crippen LogP contribution in [0.2, 0.25) is 0 Å². The predicted molar refractivity (Wildman–Crippen MR) is 86.2 cm³/mol. The minimum absolute atomic E-state index is 0.